The van der Waals surface area contributed by atoms with Crippen LogP contribution in [-0.4, -0.2) is 20.4 Å². The second kappa shape index (κ2) is 6.67. The van der Waals surface area contributed by atoms with E-state index in [1.54, 1.807) is 12.1 Å². The van der Waals surface area contributed by atoms with E-state index in [1.807, 2.05) is 19.1 Å². The fraction of sp³-hybridized carbons (Fsp3) is 0.185. The van der Waals surface area contributed by atoms with Gasteiger partial charge in [0, 0.05) is 0 Å². The Labute approximate surface area is 181 Å². The van der Waals surface area contributed by atoms with Gasteiger partial charge in [-0.2, -0.15) is 0 Å². The molecule has 2 aliphatic rings. The van der Waals surface area contributed by atoms with Crippen molar-refractivity contribution in [2.24, 2.45) is 5.92 Å². The highest BCUT2D eigenvalue weighted by atomic mass is 16.3. The van der Waals surface area contributed by atoms with Crippen molar-refractivity contribution in [3.05, 3.63) is 100 Å². The van der Waals surface area contributed by atoms with Crippen molar-refractivity contribution in [1.29, 1.82) is 0 Å². The minimum absolute atomic E-state index is 0.180. The maximum Gasteiger partial charge on any atom is 0.157 e. The average Bonchev–Trinajstić information content (AvgIpc) is 3.01. The number of aromatic hydroxyl groups is 4. The zero-order valence-electron chi connectivity index (χ0n) is 17.4. The molecule has 1 atom stereocenters. The normalized spacial score (nSPS) is 18.7. The minimum atomic E-state index is -0.772. The molecular formula is C27H24O4. The molecule has 5 rings (SSSR count). The van der Waals surface area contributed by atoms with E-state index in [9.17, 15) is 20.4 Å². The highest BCUT2D eigenvalue weighted by molar-refractivity contribution is 5.91. The Bertz CT molecular complexity index is 1230. The molecule has 4 heteroatoms. The number of fused-ring (bicyclic) bond motifs is 2. The van der Waals surface area contributed by atoms with Gasteiger partial charge in [0.2, 0.25) is 0 Å². The summed E-state index contributed by atoms with van der Waals surface area (Å²) in [7, 11) is 0. The third-order valence-corrected chi connectivity index (χ3v) is 6.58. The Morgan fingerprint density at radius 3 is 1.97 bits per heavy atom. The summed E-state index contributed by atoms with van der Waals surface area (Å²) >= 11 is 0. The van der Waals surface area contributed by atoms with Crippen LogP contribution in [0, 0.1) is 12.8 Å². The van der Waals surface area contributed by atoms with Crippen LogP contribution < -0.4 is 0 Å². The fourth-order valence-corrected chi connectivity index (χ4v) is 5.17. The van der Waals surface area contributed by atoms with Gasteiger partial charge >= 0.3 is 0 Å². The number of hydrogen-bond donors (Lipinski definition) is 4. The topological polar surface area (TPSA) is 80.9 Å². The lowest BCUT2D eigenvalue weighted by atomic mass is 9.64. The summed E-state index contributed by atoms with van der Waals surface area (Å²) in [5, 5.41) is 40.8. The molecule has 0 saturated heterocycles. The Kier molecular flexibility index (Phi) is 4.16. The van der Waals surface area contributed by atoms with Crippen molar-refractivity contribution in [2.75, 3.05) is 0 Å². The molecule has 2 aliphatic carbocycles. The number of phenols is 4. The van der Waals surface area contributed by atoms with E-state index < -0.39 is 5.41 Å². The smallest absolute Gasteiger partial charge is 0.157 e. The summed E-state index contributed by atoms with van der Waals surface area (Å²) in [5.74, 6) is -0.419. The molecule has 3 aromatic rings. The first-order valence-electron chi connectivity index (χ1n) is 10.4. The van der Waals surface area contributed by atoms with Crippen LogP contribution in [0.3, 0.4) is 0 Å². The Balaban J connectivity index is 1.95. The van der Waals surface area contributed by atoms with Crippen LogP contribution in [0.25, 0.3) is 5.57 Å². The lowest BCUT2D eigenvalue weighted by molar-refractivity contribution is 0.401. The number of phenolic OH excluding ortho intramolecular Hbond substituents is 4. The van der Waals surface area contributed by atoms with Gasteiger partial charge in [-0.05, 0) is 76.9 Å². The van der Waals surface area contributed by atoms with Crippen LogP contribution in [0.15, 0.2) is 72.3 Å². The van der Waals surface area contributed by atoms with Crippen molar-refractivity contribution < 1.29 is 20.4 Å². The summed E-state index contributed by atoms with van der Waals surface area (Å²) in [6.45, 7) is 4.21. The molecular weight excluding hydrogens is 388 g/mol. The van der Waals surface area contributed by atoms with E-state index in [-0.39, 0.29) is 23.0 Å². The largest absolute Gasteiger partial charge is 0.504 e. The van der Waals surface area contributed by atoms with Crippen molar-refractivity contribution in [1.82, 2.24) is 0 Å². The molecule has 0 aliphatic heterocycles. The van der Waals surface area contributed by atoms with Gasteiger partial charge in [-0.15, -0.1) is 0 Å². The molecule has 4 N–H and O–H groups in total. The molecule has 0 aromatic heterocycles. The van der Waals surface area contributed by atoms with Gasteiger partial charge in [-0.3, -0.25) is 0 Å². The average molecular weight is 412 g/mol. The summed E-state index contributed by atoms with van der Waals surface area (Å²) in [5.41, 5.74) is 6.43. The maximum atomic E-state index is 10.4. The predicted octanol–water partition coefficient (Wildman–Crippen LogP) is 5.52. The highest BCUT2D eigenvalue weighted by Gasteiger charge is 2.48. The zero-order chi connectivity index (χ0) is 21.9. The van der Waals surface area contributed by atoms with E-state index in [0.29, 0.717) is 5.92 Å². The molecule has 0 fully saturated rings. The summed E-state index contributed by atoms with van der Waals surface area (Å²) in [4.78, 5) is 0. The number of allylic oxidation sites excluding steroid dienone is 4. The Morgan fingerprint density at radius 2 is 1.39 bits per heavy atom. The summed E-state index contributed by atoms with van der Waals surface area (Å²) in [6.07, 6.45) is 5.18. The number of benzene rings is 3. The van der Waals surface area contributed by atoms with Crippen LogP contribution in [0.5, 0.6) is 23.0 Å². The first-order valence-corrected chi connectivity index (χ1v) is 10.4. The monoisotopic (exact) mass is 412 g/mol. The quantitative estimate of drug-likeness (QED) is 0.418. The summed E-state index contributed by atoms with van der Waals surface area (Å²) in [6, 6.07) is 16.2. The molecule has 0 amide bonds. The third-order valence-electron chi connectivity index (χ3n) is 6.58. The van der Waals surface area contributed by atoms with Gasteiger partial charge < -0.3 is 20.4 Å². The number of hydrogen-bond acceptors (Lipinski definition) is 4. The van der Waals surface area contributed by atoms with Crippen molar-refractivity contribution in [3.8, 4) is 23.0 Å². The first-order chi connectivity index (χ1) is 14.8. The van der Waals surface area contributed by atoms with Gasteiger partial charge in [0.15, 0.2) is 23.0 Å². The Morgan fingerprint density at radius 1 is 0.774 bits per heavy atom. The van der Waals surface area contributed by atoms with Crippen LogP contribution in [0.4, 0.5) is 0 Å². The van der Waals surface area contributed by atoms with Crippen LogP contribution >= 0.6 is 0 Å². The Hall–Kier alpha value is -3.66. The lowest BCUT2D eigenvalue weighted by Crippen LogP contribution is -2.31. The standard InChI is InChI=1S/C27H24O4/c1-15-3-7-19-20-8-4-16(2)12-22(20)27(21(19)11-15,17-5-9-23(28)25(30)13-17)18-6-10-24(29)26(31)14-18/h3-11,13-14,16,28-31H,12H2,1-2H3. The van der Waals surface area contributed by atoms with Crippen LogP contribution in [-0.2, 0) is 5.41 Å². The lowest BCUT2D eigenvalue weighted by Gasteiger charge is -2.37. The van der Waals surface area contributed by atoms with Gasteiger partial charge in [0.05, 0.1) is 5.41 Å². The second-order valence-electron chi connectivity index (χ2n) is 8.64. The highest BCUT2D eigenvalue weighted by Crippen LogP contribution is 2.59. The second-order valence-corrected chi connectivity index (χ2v) is 8.64. The van der Waals surface area contributed by atoms with Crippen molar-refractivity contribution >= 4 is 5.57 Å². The fourth-order valence-electron chi connectivity index (χ4n) is 5.17. The van der Waals surface area contributed by atoms with E-state index in [4.69, 9.17) is 0 Å². The minimum Gasteiger partial charge on any atom is -0.504 e. The molecule has 0 spiro atoms. The van der Waals surface area contributed by atoms with E-state index >= 15 is 0 Å². The molecule has 0 heterocycles. The molecule has 3 aromatic carbocycles. The van der Waals surface area contributed by atoms with Gasteiger partial charge in [-0.25, -0.2) is 0 Å². The van der Waals surface area contributed by atoms with Gasteiger partial charge in [-0.1, -0.05) is 55.0 Å². The number of aryl methyl sites for hydroxylation is 1. The zero-order valence-corrected chi connectivity index (χ0v) is 17.4. The maximum absolute atomic E-state index is 10.4. The van der Waals surface area contributed by atoms with Gasteiger partial charge in [0.25, 0.3) is 0 Å². The van der Waals surface area contributed by atoms with Crippen LogP contribution in [0.1, 0.15) is 41.2 Å². The first kappa shape index (κ1) is 19.3. The number of rotatable bonds is 2. The molecule has 1 unspecified atom stereocenters. The van der Waals surface area contributed by atoms with E-state index in [1.165, 1.54) is 17.7 Å². The van der Waals surface area contributed by atoms with E-state index in [0.717, 1.165) is 39.8 Å². The summed E-state index contributed by atoms with van der Waals surface area (Å²) < 4.78 is 0. The van der Waals surface area contributed by atoms with Crippen LogP contribution in [0.2, 0.25) is 0 Å². The molecule has 0 radical (unpaired) electrons. The molecule has 0 saturated carbocycles. The van der Waals surface area contributed by atoms with E-state index in [2.05, 4.69) is 37.3 Å². The van der Waals surface area contributed by atoms with Crippen molar-refractivity contribution in [2.45, 2.75) is 25.7 Å². The van der Waals surface area contributed by atoms with Gasteiger partial charge in [0.1, 0.15) is 0 Å². The molecule has 31 heavy (non-hydrogen) atoms. The third kappa shape index (κ3) is 2.68. The molecule has 156 valence electrons. The SMILES string of the molecule is Cc1ccc2c(c1)C(c1ccc(O)c(O)c1)(c1ccc(O)c(O)c1)C1=C2C=CC(C)C1. The predicted molar refractivity (Wildman–Crippen MR) is 120 cm³/mol. The molecule has 0 bridgehead atoms. The van der Waals surface area contributed by atoms with Crippen molar-refractivity contribution in [3.63, 3.8) is 0 Å². The molecule has 4 nitrogen and oxygen atoms in total.